The first-order valence-electron chi connectivity index (χ1n) is 6.79. The molecule has 0 saturated heterocycles. The van der Waals surface area contributed by atoms with E-state index in [2.05, 4.69) is 32.9 Å². The highest BCUT2D eigenvalue weighted by Crippen LogP contribution is 2.18. The number of ether oxygens (including phenoxy) is 1. The van der Waals surface area contributed by atoms with E-state index in [1.165, 1.54) is 11.9 Å². The number of rotatable bonds is 5. The fraction of sp³-hybridized carbons (Fsp3) is 0.267. The Morgan fingerprint density at radius 1 is 1.24 bits per heavy atom. The van der Waals surface area contributed by atoms with Crippen LogP contribution in [0.5, 0.6) is 5.75 Å². The van der Waals surface area contributed by atoms with Gasteiger partial charge in [-0.1, -0.05) is 12.1 Å². The molecule has 0 aliphatic rings. The van der Waals surface area contributed by atoms with Crippen LogP contribution in [0.3, 0.4) is 0 Å². The number of anilines is 1. The first-order chi connectivity index (χ1) is 10.2. The highest BCUT2D eigenvalue weighted by atomic mass is 16.5. The van der Waals surface area contributed by atoms with E-state index in [-0.39, 0.29) is 0 Å². The zero-order chi connectivity index (χ0) is 14.7. The van der Waals surface area contributed by atoms with Crippen molar-refractivity contribution in [3.05, 3.63) is 42.5 Å². The minimum Gasteiger partial charge on any atom is -0.492 e. The molecule has 3 rings (SSSR count). The van der Waals surface area contributed by atoms with Crippen molar-refractivity contribution in [1.82, 2.24) is 19.9 Å². The zero-order valence-electron chi connectivity index (χ0n) is 12.1. The van der Waals surface area contributed by atoms with Gasteiger partial charge in [-0.2, -0.15) is 0 Å². The van der Waals surface area contributed by atoms with E-state index in [4.69, 9.17) is 4.74 Å². The molecule has 0 saturated carbocycles. The van der Waals surface area contributed by atoms with Crippen LogP contribution in [0.1, 0.15) is 5.56 Å². The second-order valence-corrected chi connectivity index (χ2v) is 4.88. The van der Waals surface area contributed by atoms with Crippen LogP contribution in [0.15, 0.2) is 36.9 Å². The minimum absolute atomic E-state index is 0.583. The first kappa shape index (κ1) is 13.4. The second kappa shape index (κ2) is 5.78. The van der Waals surface area contributed by atoms with E-state index in [1.54, 1.807) is 6.33 Å². The number of H-pyrrole nitrogens is 1. The molecule has 108 valence electrons. The van der Waals surface area contributed by atoms with Crippen molar-refractivity contribution in [2.75, 3.05) is 25.1 Å². The summed E-state index contributed by atoms with van der Waals surface area (Å²) in [4.78, 5) is 17.6. The largest absolute Gasteiger partial charge is 0.492 e. The van der Waals surface area contributed by atoms with Crippen molar-refractivity contribution in [2.24, 2.45) is 0 Å². The maximum atomic E-state index is 5.76. The standard InChI is InChI=1S/C15H17N5O/c1-11-4-3-5-12(8-11)21-7-6-20(2)15-13-14(17-9-16-13)18-10-19-15/h3-5,8-10H,6-7H2,1-2H3,(H,16,17,18,19). The van der Waals surface area contributed by atoms with Gasteiger partial charge in [-0.3, -0.25) is 0 Å². The Bertz CT molecular complexity index is 740. The van der Waals surface area contributed by atoms with E-state index in [0.717, 1.165) is 23.6 Å². The molecule has 6 heteroatoms. The molecule has 6 nitrogen and oxygen atoms in total. The Morgan fingerprint density at radius 3 is 3.00 bits per heavy atom. The molecule has 1 N–H and O–H groups in total. The molecule has 0 unspecified atom stereocenters. The summed E-state index contributed by atoms with van der Waals surface area (Å²) in [5.74, 6) is 1.71. The first-order valence-corrected chi connectivity index (χ1v) is 6.79. The number of hydrogen-bond donors (Lipinski definition) is 1. The maximum Gasteiger partial charge on any atom is 0.182 e. The van der Waals surface area contributed by atoms with Gasteiger partial charge in [-0.15, -0.1) is 0 Å². The van der Waals surface area contributed by atoms with Gasteiger partial charge in [0.2, 0.25) is 0 Å². The molecule has 21 heavy (non-hydrogen) atoms. The van der Waals surface area contributed by atoms with Crippen LogP contribution in [-0.2, 0) is 0 Å². The molecule has 1 aromatic carbocycles. The number of nitrogens with one attached hydrogen (secondary N) is 1. The van der Waals surface area contributed by atoms with Crippen molar-refractivity contribution in [2.45, 2.75) is 6.92 Å². The molecule has 0 atom stereocenters. The number of likely N-dealkylation sites (N-methyl/N-ethyl adjacent to an activating group) is 1. The van der Waals surface area contributed by atoms with Gasteiger partial charge >= 0.3 is 0 Å². The molecule has 0 fully saturated rings. The highest BCUT2D eigenvalue weighted by Gasteiger charge is 2.10. The van der Waals surface area contributed by atoms with Gasteiger partial charge in [0.1, 0.15) is 24.2 Å². The number of nitrogens with zero attached hydrogens (tertiary/aromatic N) is 4. The minimum atomic E-state index is 0.583. The molecule has 2 heterocycles. The van der Waals surface area contributed by atoms with E-state index in [1.807, 2.05) is 30.1 Å². The lowest BCUT2D eigenvalue weighted by Gasteiger charge is -2.18. The number of hydrogen-bond acceptors (Lipinski definition) is 5. The molecule has 0 aliphatic carbocycles. The van der Waals surface area contributed by atoms with Crippen LogP contribution < -0.4 is 9.64 Å². The summed E-state index contributed by atoms with van der Waals surface area (Å²) in [5.41, 5.74) is 2.71. The Kier molecular flexibility index (Phi) is 3.68. The van der Waals surface area contributed by atoms with Crippen LogP contribution in [0, 0.1) is 6.92 Å². The molecule has 0 amide bonds. The van der Waals surface area contributed by atoms with Gasteiger partial charge in [0.15, 0.2) is 11.5 Å². The van der Waals surface area contributed by atoms with Crippen molar-refractivity contribution in [1.29, 1.82) is 0 Å². The van der Waals surface area contributed by atoms with Crippen LogP contribution in [0.25, 0.3) is 11.2 Å². The van der Waals surface area contributed by atoms with Gasteiger partial charge in [0.25, 0.3) is 0 Å². The Morgan fingerprint density at radius 2 is 2.14 bits per heavy atom. The van der Waals surface area contributed by atoms with E-state index in [9.17, 15) is 0 Å². The molecule has 0 radical (unpaired) electrons. The summed E-state index contributed by atoms with van der Waals surface area (Å²) in [7, 11) is 1.97. The van der Waals surface area contributed by atoms with Gasteiger partial charge in [-0.25, -0.2) is 15.0 Å². The third-order valence-electron chi connectivity index (χ3n) is 3.25. The predicted octanol–water partition coefficient (Wildman–Crippen LogP) is 2.18. The normalized spacial score (nSPS) is 10.8. The molecule has 0 bridgehead atoms. The fourth-order valence-electron chi connectivity index (χ4n) is 2.15. The number of aryl methyl sites for hydroxylation is 1. The lowest BCUT2D eigenvalue weighted by molar-refractivity contribution is 0.325. The molecular weight excluding hydrogens is 266 g/mol. The molecule has 2 aromatic heterocycles. The van der Waals surface area contributed by atoms with Gasteiger partial charge < -0.3 is 14.6 Å². The number of aromatic nitrogens is 4. The third-order valence-corrected chi connectivity index (χ3v) is 3.25. The number of imidazole rings is 1. The summed E-state index contributed by atoms with van der Waals surface area (Å²) in [6.45, 7) is 3.35. The molecule has 0 aliphatic heterocycles. The summed E-state index contributed by atoms with van der Waals surface area (Å²) in [6, 6.07) is 8.03. The lowest BCUT2D eigenvalue weighted by atomic mass is 10.2. The Hall–Kier alpha value is -2.63. The zero-order valence-corrected chi connectivity index (χ0v) is 12.1. The maximum absolute atomic E-state index is 5.76. The van der Waals surface area contributed by atoms with Crippen molar-refractivity contribution in [3.8, 4) is 5.75 Å². The Balaban J connectivity index is 1.64. The molecular formula is C15H17N5O. The van der Waals surface area contributed by atoms with Crippen molar-refractivity contribution >= 4 is 17.0 Å². The van der Waals surface area contributed by atoms with Crippen LogP contribution in [0.2, 0.25) is 0 Å². The quantitative estimate of drug-likeness (QED) is 0.777. The lowest BCUT2D eigenvalue weighted by Crippen LogP contribution is -2.25. The number of aromatic amines is 1. The van der Waals surface area contributed by atoms with Gasteiger partial charge in [-0.05, 0) is 24.6 Å². The topological polar surface area (TPSA) is 66.9 Å². The van der Waals surface area contributed by atoms with E-state index >= 15 is 0 Å². The third kappa shape index (κ3) is 2.94. The van der Waals surface area contributed by atoms with Crippen molar-refractivity contribution in [3.63, 3.8) is 0 Å². The summed E-state index contributed by atoms with van der Waals surface area (Å²) >= 11 is 0. The monoisotopic (exact) mass is 283 g/mol. The van der Waals surface area contributed by atoms with Gasteiger partial charge in [0, 0.05) is 7.05 Å². The average molecular weight is 283 g/mol. The van der Waals surface area contributed by atoms with Crippen LogP contribution >= 0.6 is 0 Å². The molecule has 0 spiro atoms. The van der Waals surface area contributed by atoms with Crippen molar-refractivity contribution < 1.29 is 4.74 Å². The summed E-state index contributed by atoms with van der Waals surface area (Å²) in [5, 5.41) is 0. The average Bonchev–Trinajstić information content (AvgIpc) is 2.95. The number of fused-ring (bicyclic) bond motifs is 1. The predicted molar refractivity (Wildman–Crippen MR) is 81.6 cm³/mol. The second-order valence-electron chi connectivity index (χ2n) is 4.88. The SMILES string of the molecule is Cc1cccc(OCCN(C)c2ncnc3nc[nH]c23)c1. The highest BCUT2D eigenvalue weighted by molar-refractivity contribution is 5.82. The van der Waals surface area contributed by atoms with Crippen LogP contribution in [-0.4, -0.2) is 40.1 Å². The summed E-state index contributed by atoms with van der Waals surface area (Å²) in [6.07, 6.45) is 3.15. The van der Waals surface area contributed by atoms with E-state index in [0.29, 0.717) is 12.3 Å². The Labute approximate surface area is 122 Å². The van der Waals surface area contributed by atoms with E-state index < -0.39 is 0 Å². The smallest absolute Gasteiger partial charge is 0.182 e. The van der Waals surface area contributed by atoms with Crippen LogP contribution in [0.4, 0.5) is 5.82 Å². The van der Waals surface area contributed by atoms with Gasteiger partial charge in [0.05, 0.1) is 12.9 Å². The summed E-state index contributed by atoms with van der Waals surface area (Å²) < 4.78 is 5.76. The fourth-order valence-corrected chi connectivity index (χ4v) is 2.15. The number of benzene rings is 1. The molecule has 3 aromatic rings.